The molecule has 0 aromatic rings. The molecule has 0 radical (unpaired) electrons. The third-order valence-corrected chi connectivity index (χ3v) is 4.79. The first-order chi connectivity index (χ1) is 9.94. The van der Waals surface area contributed by atoms with E-state index in [1.807, 2.05) is 6.92 Å². The lowest BCUT2D eigenvalue weighted by Gasteiger charge is -2.23. The first kappa shape index (κ1) is 18.4. The standard InChI is InChI=1S/C14H27NO5S/c1-3-4-7-10-21(17,18)15-14(16)12(2)20-11-13-8-5-6-9-19-13/h12-13H,3-11H2,1-2H3,(H,15,16). The van der Waals surface area contributed by atoms with E-state index in [0.29, 0.717) is 13.0 Å². The van der Waals surface area contributed by atoms with E-state index in [2.05, 4.69) is 4.72 Å². The molecule has 0 spiro atoms. The molecule has 1 amide bonds. The number of ether oxygens (including phenoxy) is 2. The van der Waals surface area contributed by atoms with Gasteiger partial charge >= 0.3 is 0 Å². The van der Waals surface area contributed by atoms with Crippen LogP contribution in [-0.4, -0.2) is 45.5 Å². The second kappa shape index (κ2) is 9.38. The van der Waals surface area contributed by atoms with Gasteiger partial charge in [0.25, 0.3) is 5.91 Å². The van der Waals surface area contributed by atoms with Crippen molar-refractivity contribution in [3.8, 4) is 0 Å². The average molecular weight is 321 g/mol. The van der Waals surface area contributed by atoms with E-state index in [-0.39, 0.29) is 11.9 Å². The molecule has 2 atom stereocenters. The third-order valence-electron chi connectivity index (χ3n) is 3.45. The summed E-state index contributed by atoms with van der Waals surface area (Å²) in [4.78, 5) is 11.8. The largest absolute Gasteiger partial charge is 0.376 e. The van der Waals surface area contributed by atoms with Crippen LogP contribution in [0.2, 0.25) is 0 Å². The number of sulfonamides is 1. The lowest BCUT2D eigenvalue weighted by molar-refractivity contribution is -0.133. The van der Waals surface area contributed by atoms with Crippen molar-refractivity contribution in [3.05, 3.63) is 0 Å². The quantitative estimate of drug-likeness (QED) is 0.652. The summed E-state index contributed by atoms with van der Waals surface area (Å²) in [5, 5.41) is 0. The molecule has 124 valence electrons. The SMILES string of the molecule is CCCCCS(=O)(=O)NC(=O)C(C)OCC1CCCCO1. The Kier molecular flexibility index (Phi) is 8.21. The molecule has 6 nitrogen and oxygen atoms in total. The molecule has 1 N–H and O–H groups in total. The number of hydrogen-bond acceptors (Lipinski definition) is 5. The van der Waals surface area contributed by atoms with Gasteiger partial charge < -0.3 is 9.47 Å². The fraction of sp³-hybridized carbons (Fsp3) is 0.929. The lowest BCUT2D eigenvalue weighted by Crippen LogP contribution is -2.41. The zero-order valence-electron chi connectivity index (χ0n) is 13.0. The third kappa shape index (κ3) is 7.78. The van der Waals surface area contributed by atoms with Gasteiger partial charge in [0.1, 0.15) is 6.10 Å². The number of unbranched alkanes of at least 4 members (excludes halogenated alkanes) is 2. The molecular formula is C14H27NO5S. The second-order valence-electron chi connectivity index (χ2n) is 5.46. The molecule has 0 aromatic heterocycles. The molecular weight excluding hydrogens is 294 g/mol. The Labute approximate surface area is 127 Å². The van der Waals surface area contributed by atoms with Gasteiger partial charge in [-0.2, -0.15) is 0 Å². The average Bonchev–Trinajstić information content (AvgIpc) is 2.45. The van der Waals surface area contributed by atoms with Crippen LogP contribution in [0.25, 0.3) is 0 Å². The van der Waals surface area contributed by atoms with Gasteiger partial charge in [-0.25, -0.2) is 8.42 Å². The summed E-state index contributed by atoms with van der Waals surface area (Å²) in [6, 6.07) is 0. The molecule has 0 aliphatic carbocycles. The van der Waals surface area contributed by atoms with E-state index >= 15 is 0 Å². The van der Waals surface area contributed by atoms with E-state index in [0.717, 1.165) is 38.7 Å². The van der Waals surface area contributed by atoms with Gasteiger partial charge in [-0.15, -0.1) is 0 Å². The highest BCUT2D eigenvalue weighted by Crippen LogP contribution is 2.13. The molecule has 1 rings (SSSR count). The maximum Gasteiger partial charge on any atom is 0.262 e. The van der Waals surface area contributed by atoms with E-state index in [1.165, 1.54) is 0 Å². The van der Waals surface area contributed by atoms with Gasteiger partial charge in [0.15, 0.2) is 0 Å². The highest BCUT2D eigenvalue weighted by molar-refractivity contribution is 7.90. The van der Waals surface area contributed by atoms with Gasteiger partial charge in [-0.1, -0.05) is 19.8 Å². The first-order valence-corrected chi connectivity index (χ1v) is 9.37. The van der Waals surface area contributed by atoms with Crippen LogP contribution in [0.4, 0.5) is 0 Å². The fourth-order valence-electron chi connectivity index (χ4n) is 2.10. The van der Waals surface area contributed by atoms with Crippen LogP contribution >= 0.6 is 0 Å². The summed E-state index contributed by atoms with van der Waals surface area (Å²) < 4.78 is 36.4. The zero-order chi connectivity index (χ0) is 15.7. The van der Waals surface area contributed by atoms with Crippen molar-refractivity contribution in [1.82, 2.24) is 4.72 Å². The Morgan fingerprint density at radius 2 is 2.14 bits per heavy atom. The summed E-state index contributed by atoms with van der Waals surface area (Å²) in [5.74, 6) is -0.632. The normalized spacial score (nSPS) is 21.0. The van der Waals surface area contributed by atoms with Gasteiger partial charge in [-0.3, -0.25) is 9.52 Å². The van der Waals surface area contributed by atoms with Crippen molar-refractivity contribution in [3.63, 3.8) is 0 Å². The van der Waals surface area contributed by atoms with E-state index in [4.69, 9.17) is 9.47 Å². The van der Waals surface area contributed by atoms with Crippen LogP contribution in [-0.2, 0) is 24.3 Å². The molecule has 2 unspecified atom stereocenters. The van der Waals surface area contributed by atoms with Crippen molar-refractivity contribution in [2.75, 3.05) is 19.0 Å². The van der Waals surface area contributed by atoms with Crippen molar-refractivity contribution in [1.29, 1.82) is 0 Å². The van der Waals surface area contributed by atoms with Crippen molar-refractivity contribution < 1.29 is 22.7 Å². The monoisotopic (exact) mass is 321 g/mol. The number of rotatable bonds is 9. The van der Waals surface area contributed by atoms with Crippen molar-refractivity contribution in [2.45, 2.75) is 64.6 Å². The smallest absolute Gasteiger partial charge is 0.262 e. The Morgan fingerprint density at radius 3 is 2.76 bits per heavy atom. The Bertz CT molecular complexity index is 404. The Balaban J connectivity index is 2.29. The van der Waals surface area contributed by atoms with Gasteiger partial charge in [0.05, 0.1) is 18.5 Å². The van der Waals surface area contributed by atoms with Crippen LogP contribution in [0.3, 0.4) is 0 Å². The summed E-state index contributed by atoms with van der Waals surface area (Å²) in [7, 11) is -3.55. The molecule has 0 aromatic carbocycles. The number of nitrogens with one attached hydrogen (secondary N) is 1. The minimum absolute atomic E-state index is 0.00941. The number of amides is 1. The molecule has 7 heteroatoms. The maximum atomic E-state index is 11.8. The number of hydrogen-bond donors (Lipinski definition) is 1. The molecule has 1 aliphatic rings. The molecule has 0 bridgehead atoms. The van der Waals surface area contributed by atoms with E-state index in [1.54, 1.807) is 6.92 Å². The minimum Gasteiger partial charge on any atom is -0.376 e. The van der Waals surface area contributed by atoms with Gasteiger partial charge in [0, 0.05) is 6.61 Å². The summed E-state index contributed by atoms with van der Waals surface area (Å²) in [6.45, 7) is 4.60. The van der Waals surface area contributed by atoms with Crippen molar-refractivity contribution >= 4 is 15.9 Å². The Hall–Kier alpha value is -0.660. The lowest BCUT2D eigenvalue weighted by atomic mass is 10.1. The summed E-state index contributed by atoms with van der Waals surface area (Å²) in [5.41, 5.74) is 0. The maximum absolute atomic E-state index is 11.8. The van der Waals surface area contributed by atoms with Crippen LogP contribution in [0.15, 0.2) is 0 Å². The van der Waals surface area contributed by atoms with E-state index in [9.17, 15) is 13.2 Å². The first-order valence-electron chi connectivity index (χ1n) is 7.72. The second-order valence-corrected chi connectivity index (χ2v) is 7.30. The molecule has 0 saturated carbocycles. The summed E-state index contributed by atoms with van der Waals surface area (Å²) >= 11 is 0. The minimum atomic E-state index is -3.55. The molecule has 1 fully saturated rings. The van der Waals surface area contributed by atoms with Crippen LogP contribution in [0, 0.1) is 0 Å². The van der Waals surface area contributed by atoms with Crippen LogP contribution in [0.1, 0.15) is 52.4 Å². The molecule has 1 saturated heterocycles. The highest BCUT2D eigenvalue weighted by Gasteiger charge is 2.22. The zero-order valence-corrected chi connectivity index (χ0v) is 13.8. The van der Waals surface area contributed by atoms with Crippen molar-refractivity contribution in [2.24, 2.45) is 0 Å². The van der Waals surface area contributed by atoms with Crippen LogP contribution in [0.5, 0.6) is 0 Å². The predicted octanol–water partition coefficient (Wildman–Crippen LogP) is 1.60. The highest BCUT2D eigenvalue weighted by atomic mass is 32.2. The van der Waals surface area contributed by atoms with Crippen LogP contribution < -0.4 is 4.72 Å². The Morgan fingerprint density at radius 1 is 1.38 bits per heavy atom. The predicted molar refractivity (Wildman–Crippen MR) is 80.5 cm³/mol. The summed E-state index contributed by atoms with van der Waals surface area (Å²) in [6.07, 6.45) is 4.62. The molecule has 1 heterocycles. The molecule has 1 aliphatic heterocycles. The number of carbonyl (C=O) groups excluding carboxylic acids is 1. The van der Waals surface area contributed by atoms with Gasteiger partial charge in [0.2, 0.25) is 10.0 Å². The fourth-order valence-corrected chi connectivity index (χ4v) is 3.25. The molecule has 21 heavy (non-hydrogen) atoms. The topological polar surface area (TPSA) is 81.7 Å². The number of carbonyl (C=O) groups is 1. The van der Waals surface area contributed by atoms with E-state index < -0.39 is 22.0 Å². The van der Waals surface area contributed by atoms with Gasteiger partial charge in [-0.05, 0) is 32.6 Å².